The lowest BCUT2D eigenvalue weighted by molar-refractivity contribution is 0.558. The maximum Gasteiger partial charge on any atom is 0.212 e. The lowest BCUT2D eigenvalue weighted by Crippen LogP contribution is -2.42. The third-order valence-corrected chi connectivity index (χ3v) is 7.43. The highest BCUT2D eigenvalue weighted by Crippen LogP contribution is 2.21. The molecular weight excluding hydrogens is 334 g/mol. The molecule has 0 bridgehead atoms. The minimum atomic E-state index is -3.59. The number of alkyl halides is 1. The molecule has 1 saturated heterocycles. The molecule has 0 saturated carbocycles. The number of sulfone groups is 1. The Labute approximate surface area is 130 Å². The number of hydrogen-bond donors (Lipinski definition) is 1. The second kappa shape index (κ2) is 6.24. The SMILES string of the molecule is CC(CS(=O)(=O)NC1CS(=O)(=O)CC1Cl)c1ccccc1. The fourth-order valence-corrected chi connectivity index (χ4v) is 6.78. The molecule has 0 aromatic heterocycles. The van der Waals surface area contributed by atoms with Crippen LogP contribution < -0.4 is 4.72 Å². The summed E-state index contributed by atoms with van der Waals surface area (Å²) in [5, 5.41) is -0.711. The summed E-state index contributed by atoms with van der Waals surface area (Å²) < 4.78 is 49.7. The van der Waals surface area contributed by atoms with Gasteiger partial charge in [0.1, 0.15) is 0 Å². The molecule has 0 radical (unpaired) electrons. The van der Waals surface area contributed by atoms with Crippen LogP contribution in [-0.2, 0) is 19.9 Å². The van der Waals surface area contributed by atoms with Gasteiger partial charge in [-0.2, -0.15) is 0 Å². The van der Waals surface area contributed by atoms with Crippen molar-refractivity contribution in [2.75, 3.05) is 17.3 Å². The van der Waals surface area contributed by atoms with Crippen molar-refractivity contribution < 1.29 is 16.8 Å². The van der Waals surface area contributed by atoms with Crippen LogP contribution in [0.1, 0.15) is 18.4 Å². The monoisotopic (exact) mass is 351 g/mol. The molecule has 2 rings (SSSR count). The summed E-state index contributed by atoms with van der Waals surface area (Å²) >= 11 is 5.92. The summed E-state index contributed by atoms with van der Waals surface area (Å²) in [5.74, 6) is -0.705. The van der Waals surface area contributed by atoms with Crippen LogP contribution >= 0.6 is 11.6 Å². The van der Waals surface area contributed by atoms with Gasteiger partial charge in [0.2, 0.25) is 10.0 Å². The maximum absolute atomic E-state index is 12.2. The van der Waals surface area contributed by atoms with E-state index in [1.165, 1.54) is 0 Å². The number of sulfonamides is 1. The molecular formula is C13H18ClNO4S2. The molecule has 1 aromatic carbocycles. The van der Waals surface area contributed by atoms with Crippen molar-refractivity contribution in [1.82, 2.24) is 4.72 Å². The fourth-order valence-electron chi connectivity index (χ4n) is 2.40. The zero-order chi connectivity index (χ0) is 15.7. The molecule has 1 aliphatic heterocycles. The maximum atomic E-state index is 12.2. The van der Waals surface area contributed by atoms with Crippen LogP contribution in [0.2, 0.25) is 0 Å². The van der Waals surface area contributed by atoms with Gasteiger partial charge in [-0.1, -0.05) is 37.3 Å². The Kier molecular flexibility index (Phi) is 4.97. The predicted octanol–water partition coefficient (Wildman–Crippen LogP) is 1.11. The molecule has 3 atom stereocenters. The summed E-state index contributed by atoms with van der Waals surface area (Å²) in [6, 6.07) is 8.55. The van der Waals surface area contributed by atoms with Crippen molar-refractivity contribution >= 4 is 31.5 Å². The molecule has 3 unspecified atom stereocenters. The van der Waals surface area contributed by atoms with Gasteiger partial charge < -0.3 is 0 Å². The molecule has 1 N–H and O–H groups in total. The number of benzene rings is 1. The third-order valence-electron chi connectivity index (χ3n) is 3.45. The smallest absolute Gasteiger partial charge is 0.212 e. The summed E-state index contributed by atoms with van der Waals surface area (Å²) in [7, 11) is -6.85. The molecule has 21 heavy (non-hydrogen) atoms. The average molecular weight is 352 g/mol. The van der Waals surface area contributed by atoms with Gasteiger partial charge in [0.05, 0.1) is 28.7 Å². The van der Waals surface area contributed by atoms with E-state index in [1.54, 1.807) is 0 Å². The standard InChI is InChI=1S/C13H18ClNO4S2/c1-10(11-5-3-2-4-6-11)7-21(18,19)15-13-9-20(16,17)8-12(13)14/h2-6,10,12-13,15H,7-9H2,1H3. The molecule has 118 valence electrons. The number of nitrogens with one attached hydrogen (secondary N) is 1. The Balaban J connectivity index is 2.03. The second-order valence-corrected chi connectivity index (χ2v) is 9.92. The highest BCUT2D eigenvalue weighted by Gasteiger charge is 2.38. The first kappa shape index (κ1) is 16.7. The summed E-state index contributed by atoms with van der Waals surface area (Å²) in [6.07, 6.45) is 0. The molecule has 0 spiro atoms. The number of halogens is 1. The first-order valence-corrected chi connectivity index (χ1v) is 10.5. The molecule has 5 nitrogen and oxygen atoms in total. The number of rotatable bonds is 5. The van der Waals surface area contributed by atoms with E-state index in [9.17, 15) is 16.8 Å². The van der Waals surface area contributed by atoms with Crippen molar-refractivity contribution in [3.63, 3.8) is 0 Å². The second-order valence-electron chi connectivity index (χ2n) is 5.41. The van der Waals surface area contributed by atoms with E-state index in [0.717, 1.165) is 5.56 Å². The Bertz CT molecular complexity index is 688. The first-order chi connectivity index (χ1) is 9.69. The van der Waals surface area contributed by atoms with Crippen LogP contribution in [0, 0.1) is 0 Å². The third kappa shape index (κ3) is 4.67. The quantitative estimate of drug-likeness (QED) is 0.806. The van der Waals surface area contributed by atoms with Crippen LogP contribution in [0.3, 0.4) is 0 Å². The van der Waals surface area contributed by atoms with Gasteiger partial charge in [-0.05, 0) is 11.5 Å². The minimum absolute atomic E-state index is 0.100. The van der Waals surface area contributed by atoms with E-state index < -0.39 is 31.3 Å². The Morgan fingerprint density at radius 2 is 1.90 bits per heavy atom. The number of hydrogen-bond acceptors (Lipinski definition) is 4. The highest BCUT2D eigenvalue weighted by atomic mass is 35.5. The van der Waals surface area contributed by atoms with Crippen molar-refractivity contribution in [3.05, 3.63) is 35.9 Å². The largest absolute Gasteiger partial charge is 0.229 e. The van der Waals surface area contributed by atoms with Crippen LogP contribution in [0.5, 0.6) is 0 Å². The van der Waals surface area contributed by atoms with Crippen LogP contribution in [0.4, 0.5) is 0 Å². The predicted molar refractivity (Wildman–Crippen MR) is 83.9 cm³/mol. The lowest BCUT2D eigenvalue weighted by Gasteiger charge is -2.17. The fraction of sp³-hybridized carbons (Fsp3) is 0.538. The van der Waals surface area contributed by atoms with E-state index in [1.807, 2.05) is 37.3 Å². The van der Waals surface area contributed by atoms with Gasteiger partial charge in [-0.15, -0.1) is 11.6 Å². The molecule has 1 aliphatic rings. The normalized spacial score (nSPS) is 26.6. The summed E-state index contributed by atoms with van der Waals surface area (Å²) in [6.45, 7) is 1.82. The van der Waals surface area contributed by atoms with Gasteiger partial charge in [0.25, 0.3) is 0 Å². The van der Waals surface area contributed by atoms with Crippen LogP contribution in [0.25, 0.3) is 0 Å². The first-order valence-electron chi connectivity index (χ1n) is 6.58. The van der Waals surface area contributed by atoms with E-state index in [4.69, 9.17) is 11.6 Å². The van der Waals surface area contributed by atoms with Crippen LogP contribution in [0.15, 0.2) is 30.3 Å². The van der Waals surface area contributed by atoms with Gasteiger partial charge >= 0.3 is 0 Å². The topological polar surface area (TPSA) is 80.3 Å². The van der Waals surface area contributed by atoms with Crippen LogP contribution in [-0.4, -0.2) is 45.5 Å². The van der Waals surface area contributed by atoms with Gasteiger partial charge in [-0.3, -0.25) is 0 Å². The van der Waals surface area contributed by atoms with Crippen molar-refractivity contribution in [1.29, 1.82) is 0 Å². The molecule has 1 aromatic rings. The van der Waals surface area contributed by atoms with Crippen molar-refractivity contribution in [3.8, 4) is 0 Å². The Morgan fingerprint density at radius 3 is 2.43 bits per heavy atom. The Morgan fingerprint density at radius 1 is 1.29 bits per heavy atom. The summed E-state index contributed by atoms with van der Waals surface area (Å²) in [5.41, 5.74) is 0.921. The van der Waals surface area contributed by atoms with Gasteiger partial charge in [-0.25, -0.2) is 21.6 Å². The van der Waals surface area contributed by atoms with Gasteiger partial charge in [0.15, 0.2) is 9.84 Å². The molecule has 1 heterocycles. The van der Waals surface area contributed by atoms with Crippen molar-refractivity contribution in [2.45, 2.75) is 24.3 Å². The average Bonchev–Trinajstić information content (AvgIpc) is 2.61. The Hall–Kier alpha value is -0.630. The van der Waals surface area contributed by atoms with Gasteiger partial charge in [0, 0.05) is 0 Å². The molecule has 8 heteroatoms. The van der Waals surface area contributed by atoms with E-state index in [-0.39, 0.29) is 23.2 Å². The molecule has 0 amide bonds. The highest BCUT2D eigenvalue weighted by molar-refractivity contribution is 7.92. The minimum Gasteiger partial charge on any atom is -0.229 e. The zero-order valence-electron chi connectivity index (χ0n) is 11.6. The van der Waals surface area contributed by atoms with E-state index in [2.05, 4.69) is 4.72 Å². The zero-order valence-corrected chi connectivity index (χ0v) is 14.0. The van der Waals surface area contributed by atoms with Crippen molar-refractivity contribution in [2.24, 2.45) is 0 Å². The molecule has 1 fully saturated rings. The van der Waals surface area contributed by atoms with E-state index >= 15 is 0 Å². The van der Waals surface area contributed by atoms with E-state index in [0.29, 0.717) is 0 Å². The summed E-state index contributed by atoms with van der Waals surface area (Å²) in [4.78, 5) is 0. The lowest BCUT2D eigenvalue weighted by atomic mass is 10.0. The molecule has 0 aliphatic carbocycles.